The molecule has 1 rings (SSSR count). The van der Waals surface area contributed by atoms with Gasteiger partial charge in [-0.1, -0.05) is 96.8 Å². The Morgan fingerprint density at radius 3 is 1.60 bits per heavy atom. The zero-order valence-electron chi connectivity index (χ0n) is 20.3. The summed E-state index contributed by atoms with van der Waals surface area (Å²) in [6.45, 7) is 4.54. The van der Waals surface area contributed by atoms with Crippen LogP contribution < -0.4 is 0 Å². The van der Waals surface area contributed by atoms with Crippen LogP contribution >= 0.6 is 7.82 Å². The Morgan fingerprint density at radius 2 is 1.17 bits per heavy atom. The van der Waals surface area contributed by atoms with E-state index in [4.69, 9.17) is 9.05 Å². The number of unbranched alkanes of at least 4 members (excludes halogenated alkanes) is 14. The Morgan fingerprint density at radius 1 is 0.767 bits per heavy atom. The minimum atomic E-state index is -3.90. The lowest BCUT2D eigenvalue weighted by atomic mass is 10.0. The van der Waals surface area contributed by atoms with Gasteiger partial charge in [-0.25, -0.2) is 4.57 Å². The quantitative estimate of drug-likeness (QED) is 0.129. The molecule has 1 unspecified atom stereocenters. The fourth-order valence-electron chi connectivity index (χ4n) is 4.22. The van der Waals surface area contributed by atoms with Gasteiger partial charge in [0.2, 0.25) is 0 Å². The first kappa shape index (κ1) is 28.1. The molecule has 1 aliphatic heterocycles. The molecule has 1 N–H and O–H groups in total. The minimum absolute atomic E-state index is 0.145. The highest BCUT2D eigenvalue weighted by atomic mass is 31.2. The number of hydrogen-bond donors (Lipinski definition) is 1. The lowest BCUT2D eigenvalue weighted by molar-refractivity contribution is -0.896. The topological polar surface area (TPSA) is 55.8 Å². The number of phosphoric ester groups is 1. The van der Waals surface area contributed by atoms with Gasteiger partial charge in [0.15, 0.2) is 0 Å². The van der Waals surface area contributed by atoms with Crippen LogP contribution in [0.1, 0.15) is 116 Å². The number of phosphoric acid groups is 1. The third-order valence-corrected chi connectivity index (χ3v) is 7.47. The number of likely N-dealkylation sites (tertiary alicyclic amines) is 1. The van der Waals surface area contributed by atoms with Gasteiger partial charge in [0.05, 0.1) is 39.9 Å². The second-order valence-electron chi connectivity index (χ2n) is 9.94. The van der Waals surface area contributed by atoms with E-state index in [1.807, 2.05) is 0 Å². The van der Waals surface area contributed by atoms with Gasteiger partial charge in [-0.05, 0) is 6.42 Å². The molecule has 0 radical (unpaired) electrons. The first-order valence-electron chi connectivity index (χ1n) is 12.8. The first-order valence-corrected chi connectivity index (χ1v) is 14.3. The van der Waals surface area contributed by atoms with Crippen molar-refractivity contribution in [3.05, 3.63) is 0 Å². The molecule has 30 heavy (non-hydrogen) atoms. The van der Waals surface area contributed by atoms with Crippen LogP contribution in [0.25, 0.3) is 0 Å². The second-order valence-corrected chi connectivity index (χ2v) is 11.3. The molecule has 0 bridgehead atoms. The third-order valence-electron chi connectivity index (χ3n) is 6.40. The van der Waals surface area contributed by atoms with Crippen molar-refractivity contribution < 1.29 is 23.0 Å². The molecule has 1 saturated heterocycles. The molecular formula is C24H51NO4P+. The molecule has 0 aromatic rings. The number of rotatable bonds is 19. The molecule has 0 aromatic carbocycles. The molecule has 180 valence electrons. The van der Waals surface area contributed by atoms with E-state index in [-0.39, 0.29) is 6.10 Å². The van der Waals surface area contributed by atoms with Gasteiger partial charge in [0, 0.05) is 12.8 Å². The fourth-order valence-corrected chi connectivity index (χ4v) is 5.23. The lowest BCUT2D eigenvalue weighted by Gasteiger charge is -2.37. The maximum atomic E-state index is 12.1. The van der Waals surface area contributed by atoms with Crippen molar-refractivity contribution >= 4 is 7.82 Å². The van der Waals surface area contributed by atoms with Crippen LogP contribution in [-0.2, 0) is 13.6 Å². The van der Waals surface area contributed by atoms with Gasteiger partial charge >= 0.3 is 7.82 Å². The van der Waals surface area contributed by atoms with E-state index < -0.39 is 7.82 Å². The van der Waals surface area contributed by atoms with Crippen LogP contribution in [0.5, 0.6) is 0 Å². The van der Waals surface area contributed by atoms with E-state index in [1.165, 1.54) is 83.5 Å². The highest BCUT2D eigenvalue weighted by molar-refractivity contribution is 7.47. The molecule has 1 atom stereocenters. The Hall–Kier alpha value is 0.0700. The standard InChI is InChI=1S/C24H50NO4P/c1-4-5-6-7-8-9-10-11-12-13-14-15-16-17-18-23-28-30(26,27)29-24-19-21-25(2,3)22-20-24/h24H,4-23H2,1-3H3/p+1. The molecular weight excluding hydrogens is 397 g/mol. The SMILES string of the molecule is CCCCCCCCCCCCCCCCCOP(=O)(O)OC1CC[N+](C)(C)CC1. The molecule has 0 aromatic heterocycles. The van der Waals surface area contributed by atoms with E-state index in [2.05, 4.69) is 21.0 Å². The third kappa shape index (κ3) is 15.8. The monoisotopic (exact) mass is 448 g/mol. The van der Waals surface area contributed by atoms with Crippen molar-refractivity contribution in [3.63, 3.8) is 0 Å². The summed E-state index contributed by atoms with van der Waals surface area (Å²) in [7, 11) is 0.467. The molecule has 1 aliphatic rings. The van der Waals surface area contributed by atoms with E-state index in [0.717, 1.165) is 43.3 Å². The lowest BCUT2D eigenvalue weighted by Crippen LogP contribution is -2.47. The summed E-state index contributed by atoms with van der Waals surface area (Å²) in [5.74, 6) is 0. The zero-order chi connectivity index (χ0) is 22.1. The number of piperidine rings is 1. The molecule has 5 nitrogen and oxygen atoms in total. The van der Waals surface area contributed by atoms with Crippen LogP contribution in [0.4, 0.5) is 0 Å². The van der Waals surface area contributed by atoms with Gasteiger partial charge in [-0.3, -0.25) is 9.05 Å². The molecule has 1 fully saturated rings. The summed E-state index contributed by atoms with van der Waals surface area (Å²) in [6, 6.07) is 0. The average molecular weight is 449 g/mol. The van der Waals surface area contributed by atoms with Crippen LogP contribution in [0, 0.1) is 0 Å². The summed E-state index contributed by atoms with van der Waals surface area (Å²) in [4.78, 5) is 9.92. The molecule has 0 saturated carbocycles. The maximum Gasteiger partial charge on any atom is 0.472 e. The summed E-state index contributed by atoms with van der Waals surface area (Å²) < 4.78 is 23.6. The number of nitrogens with zero attached hydrogens (tertiary/aromatic N) is 1. The van der Waals surface area contributed by atoms with Crippen LogP contribution in [0.3, 0.4) is 0 Å². The maximum absolute atomic E-state index is 12.1. The van der Waals surface area contributed by atoms with Crippen molar-refractivity contribution in [2.45, 2.75) is 122 Å². The Labute approximate surface area is 187 Å². The smallest absolute Gasteiger partial charge is 0.328 e. The van der Waals surface area contributed by atoms with Crippen LogP contribution in [-0.4, -0.2) is 49.3 Å². The summed E-state index contributed by atoms with van der Waals surface area (Å²) in [5.41, 5.74) is 0. The highest BCUT2D eigenvalue weighted by Crippen LogP contribution is 2.46. The van der Waals surface area contributed by atoms with Gasteiger partial charge < -0.3 is 9.38 Å². The van der Waals surface area contributed by atoms with E-state index >= 15 is 0 Å². The molecule has 6 heteroatoms. The van der Waals surface area contributed by atoms with Gasteiger partial charge in [0.25, 0.3) is 0 Å². The van der Waals surface area contributed by atoms with Crippen molar-refractivity contribution in [3.8, 4) is 0 Å². The van der Waals surface area contributed by atoms with Crippen molar-refractivity contribution in [2.24, 2.45) is 0 Å². The highest BCUT2D eigenvalue weighted by Gasteiger charge is 2.32. The number of hydrogen-bond acceptors (Lipinski definition) is 3. The summed E-state index contributed by atoms with van der Waals surface area (Å²) in [6.07, 6.45) is 21.1. The van der Waals surface area contributed by atoms with Gasteiger partial charge in [-0.2, -0.15) is 0 Å². The van der Waals surface area contributed by atoms with E-state index in [0.29, 0.717) is 6.61 Å². The predicted octanol–water partition coefficient (Wildman–Crippen LogP) is 7.23. The van der Waals surface area contributed by atoms with Crippen molar-refractivity contribution in [1.29, 1.82) is 0 Å². The Kier molecular flexibility index (Phi) is 15.6. The molecule has 0 amide bonds. The van der Waals surface area contributed by atoms with Crippen molar-refractivity contribution in [2.75, 3.05) is 33.8 Å². The summed E-state index contributed by atoms with van der Waals surface area (Å²) >= 11 is 0. The zero-order valence-corrected chi connectivity index (χ0v) is 21.2. The van der Waals surface area contributed by atoms with Gasteiger partial charge in [-0.15, -0.1) is 0 Å². The normalized spacial score (nSPS) is 19.1. The largest absolute Gasteiger partial charge is 0.472 e. The molecule has 1 heterocycles. The van der Waals surface area contributed by atoms with E-state index in [1.54, 1.807) is 0 Å². The second kappa shape index (κ2) is 16.7. The fraction of sp³-hybridized carbons (Fsp3) is 1.00. The van der Waals surface area contributed by atoms with E-state index in [9.17, 15) is 9.46 Å². The van der Waals surface area contributed by atoms with Crippen LogP contribution in [0.15, 0.2) is 0 Å². The van der Waals surface area contributed by atoms with Crippen LogP contribution in [0.2, 0.25) is 0 Å². The Balaban J connectivity index is 1.85. The van der Waals surface area contributed by atoms with Crippen molar-refractivity contribution in [1.82, 2.24) is 0 Å². The number of quaternary nitrogens is 1. The molecule has 0 aliphatic carbocycles. The molecule has 0 spiro atoms. The van der Waals surface area contributed by atoms with Gasteiger partial charge in [0.1, 0.15) is 0 Å². The minimum Gasteiger partial charge on any atom is -0.328 e. The summed E-state index contributed by atoms with van der Waals surface area (Å²) in [5, 5.41) is 0. The average Bonchev–Trinajstić information content (AvgIpc) is 2.69. The predicted molar refractivity (Wildman–Crippen MR) is 127 cm³/mol. The Bertz CT molecular complexity index is 448. The first-order chi connectivity index (χ1) is 14.3.